The molecule has 0 N–H and O–H groups in total. The van der Waals surface area contributed by atoms with E-state index in [-0.39, 0.29) is 30.2 Å². The van der Waals surface area contributed by atoms with E-state index < -0.39 is 11.4 Å². The van der Waals surface area contributed by atoms with E-state index in [4.69, 9.17) is 0 Å². The maximum Gasteiger partial charge on any atom is 0.290 e. The van der Waals surface area contributed by atoms with Crippen molar-refractivity contribution in [1.82, 2.24) is 29.0 Å². The molecule has 1 saturated heterocycles. The fraction of sp³-hybridized carbons (Fsp3) is 0.444. The molecule has 5 rings (SSSR count). The summed E-state index contributed by atoms with van der Waals surface area (Å²) in [5, 5.41) is 9.22. The third-order valence-electron chi connectivity index (χ3n) is 7.63. The molecule has 3 aromatic heterocycles. The van der Waals surface area contributed by atoms with Crippen LogP contribution in [-0.4, -0.2) is 54.2 Å². The number of anilines is 1. The molecule has 37 heavy (non-hydrogen) atoms. The van der Waals surface area contributed by atoms with Crippen molar-refractivity contribution in [2.45, 2.75) is 52.2 Å². The number of piperazine rings is 1. The van der Waals surface area contributed by atoms with Crippen LogP contribution in [0.25, 0.3) is 22.2 Å². The first-order chi connectivity index (χ1) is 17.6. The molecule has 4 heterocycles. The smallest absolute Gasteiger partial charge is 0.290 e. The Morgan fingerprint density at radius 3 is 2.62 bits per heavy atom. The summed E-state index contributed by atoms with van der Waals surface area (Å²) >= 11 is 0. The van der Waals surface area contributed by atoms with E-state index in [1.807, 2.05) is 24.8 Å². The number of nitrogens with zero attached hydrogens (tertiary/aromatic N) is 8. The van der Waals surface area contributed by atoms with Crippen molar-refractivity contribution in [1.29, 1.82) is 5.26 Å². The normalized spacial score (nSPS) is 19.5. The van der Waals surface area contributed by atoms with Crippen LogP contribution in [0.4, 0.5) is 10.1 Å². The predicted octanol–water partition coefficient (Wildman–Crippen LogP) is 3.39. The highest BCUT2D eigenvalue weighted by Gasteiger charge is 2.36. The summed E-state index contributed by atoms with van der Waals surface area (Å²) in [6, 6.07) is 8.40. The lowest BCUT2D eigenvalue weighted by atomic mass is 9.99. The molecule has 10 heteroatoms. The topological polar surface area (TPSA) is 95.9 Å². The van der Waals surface area contributed by atoms with Gasteiger partial charge in [-0.2, -0.15) is 9.65 Å². The number of fused-ring (bicyclic) bond motifs is 2. The summed E-state index contributed by atoms with van der Waals surface area (Å²) in [4.78, 5) is 30.9. The number of pyridine rings is 1. The molecule has 1 fully saturated rings. The van der Waals surface area contributed by atoms with E-state index in [9.17, 15) is 10.1 Å². The minimum absolute atomic E-state index is 0.0753. The zero-order valence-corrected chi connectivity index (χ0v) is 22.0. The number of hydrogen-bond acceptors (Lipinski definition) is 7. The van der Waals surface area contributed by atoms with E-state index in [2.05, 4.69) is 51.9 Å². The minimum atomic E-state index is -0.805. The van der Waals surface area contributed by atoms with Gasteiger partial charge in [0, 0.05) is 51.5 Å². The monoisotopic (exact) mass is 502 g/mol. The van der Waals surface area contributed by atoms with E-state index >= 15 is 4.39 Å². The standard InChI is InChI=1S/C27H31FN8O/c1-15-12-30-20-8-7-19(11-21(20)31-15)18(4)35-13-17(3)36(14-16(35)2)25-23(28)27(37)34(6)26-24(25)32-22(9-10-29)33(26)5/h7-8,11-12,16-18H,9,13-14H2,1-6H3/t16-,17+,18?/m1/s1. The van der Waals surface area contributed by atoms with Crippen LogP contribution >= 0.6 is 0 Å². The van der Waals surface area contributed by atoms with E-state index in [0.717, 1.165) is 22.3 Å². The number of halogens is 1. The Balaban J connectivity index is 1.51. The van der Waals surface area contributed by atoms with Gasteiger partial charge in [0.25, 0.3) is 5.56 Å². The number of rotatable bonds is 4. The molecule has 9 nitrogen and oxygen atoms in total. The molecule has 1 aromatic carbocycles. The van der Waals surface area contributed by atoms with Gasteiger partial charge in [0.15, 0.2) is 0 Å². The van der Waals surface area contributed by atoms with Crippen molar-refractivity contribution in [2.24, 2.45) is 14.1 Å². The van der Waals surface area contributed by atoms with Gasteiger partial charge in [-0.25, -0.2) is 9.97 Å². The van der Waals surface area contributed by atoms with Crippen molar-refractivity contribution in [3.63, 3.8) is 0 Å². The molecule has 0 aliphatic carbocycles. The molecule has 0 saturated carbocycles. The molecular weight excluding hydrogens is 471 g/mol. The summed E-state index contributed by atoms with van der Waals surface area (Å²) in [6.45, 7) is 9.48. The highest BCUT2D eigenvalue weighted by Crippen LogP contribution is 2.34. The maximum atomic E-state index is 15.6. The quantitative estimate of drug-likeness (QED) is 0.422. The lowest BCUT2D eigenvalue weighted by Gasteiger charge is -2.47. The summed E-state index contributed by atoms with van der Waals surface area (Å²) in [5.41, 5.74) is 4.21. The van der Waals surface area contributed by atoms with Gasteiger partial charge < -0.3 is 9.47 Å². The zero-order valence-electron chi connectivity index (χ0n) is 22.0. The van der Waals surface area contributed by atoms with Crippen LogP contribution in [0.5, 0.6) is 0 Å². The number of hydrogen-bond donors (Lipinski definition) is 0. The van der Waals surface area contributed by atoms with Crippen molar-refractivity contribution in [3.8, 4) is 6.07 Å². The largest absolute Gasteiger partial charge is 0.362 e. The van der Waals surface area contributed by atoms with Gasteiger partial charge in [-0.05, 0) is 45.4 Å². The Morgan fingerprint density at radius 2 is 1.89 bits per heavy atom. The number of aryl methyl sites for hydroxylation is 3. The highest BCUT2D eigenvalue weighted by atomic mass is 19.1. The van der Waals surface area contributed by atoms with Gasteiger partial charge in [0.2, 0.25) is 5.82 Å². The molecule has 0 spiro atoms. The van der Waals surface area contributed by atoms with Gasteiger partial charge in [0.05, 0.1) is 29.2 Å². The van der Waals surface area contributed by atoms with E-state index in [1.54, 1.807) is 17.8 Å². The molecule has 4 aromatic rings. The Bertz CT molecular complexity index is 1620. The summed E-state index contributed by atoms with van der Waals surface area (Å²) < 4.78 is 18.6. The third kappa shape index (κ3) is 4.03. The van der Waals surface area contributed by atoms with Crippen molar-refractivity contribution in [2.75, 3.05) is 18.0 Å². The van der Waals surface area contributed by atoms with Gasteiger partial charge >= 0.3 is 0 Å². The second-order valence-corrected chi connectivity index (χ2v) is 10.1. The Hall–Kier alpha value is -3.84. The van der Waals surface area contributed by atoms with Crippen LogP contribution in [0, 0.1) is 24.1 Å². The van der Waals surface area contributed by atoms with Gasteiger partial charge in [-0.1, -0.05) is 6.07 Å². The van der Waals surface area contributed by atoms with Crippen molar-refractivity contribution < 1.29 is 4.39 Å². The fourth-order valence-electron chi connectivity index (χ4n) is 5.59. The summed E-state index contributed by atoms with van der Waals surface area (Å²) in [5.74, 6) is -0.303. The average molecular weight is 503 g/mol. The average Bonchev–Trinajstić information content (AvgIpc) is 3.19. The number of benzene rings is 1. The maximum absolute atomic E-state index is 15.6. The van der Waals surface area contributed by atoms with Crippen LogP contribution in [0.3, 0.4) is 0 Å². The van der Waals surface area contributed by atoms with Crippen LogP contribution < -0.4 is 10.5 Å². The molecule has 0 radical (unpaired) electrons. The lowest BCUT2D eigenvalue weighted by Crippen LogP contribution is -2.57. The molecule has 0 bridgehead atoms. The Labute approximate surface area is 214 Å². The zero-order chi connectivity index (χ0) is 26.6. The lowest BCUT2D eigenvalue weighted by molar-refractivity contribution is 0.119. The fourth-order valence-corrected chi connectivity index (χ4v) is 5.59. The molecule has 1 aliphatic heterocycles. The van der Waals surface area contributed by atoms with Gasteiger partial charge in [-0.15, -0.1) is 0 Å². The third-order valence-corrected chi connectivity index (χ3v) is 7.63. The first-order valence-corrected chi connectivity index (χ1v) is 12.5. The van der Waals surface area contributed by atoms with Gasteiger partial charge in [0.1, 0.15) is 22.7 Å². The van der Waals surface area contributed by atoms with Crippen LogP contribution in [0.15, 0.2) is 29.2 Å². The van der Waals surface area contributed by atoms with Crippen LogP contribution in [0.2, 0.25) is 0 Å². The summed E-state index contributed by atoms with van der Waals surface area (Å²) in [7, 11) is 3.29. The van der Waals surface area contributed by atoms with Crippen molar-refractivity contribution in [3.05, 3.63) is 57.6 Å². The van der Waals surface area contributed by atoms with Crippen LogP contribution in [-0.2, 0) is 20.5 Å². The number of aromatic nitrogens is 5. The first-order valence-electron chi connectivity index (χ1n) is 12.5. The minimum Gasteiger partial charge on any atom is -0.362 e. The van der Waals surface area contributed by atoms with E-state index in [1.165, 1.54) is 11.6 Å². The molecule has 1 aliphatic rings. The Kier molecular flexibility index (Phi) is 6.20. The van der Waals surface area contributed by atoms with E-state index in [0.29, 0.717) is 30.1 Å². The molecule has 1 unspecified atom stereocenters. The molecular formula is C27H31FN8O. The second kappa shape index (κ2) is 9.23. The highest BCUT2D eigenvalue weighted by molar-refractivity contribution is 5.88. The number of nitriles is 1. The van der Waals surface area contributed by atoms with Gasteiger partial charge in [-0.3, -0.25) is 19.2 Å². The predicted molar refractivity (Wildman–Crippen MR) is 141 cm³/mol. The summed E-state index contributed by atoms with van der Waals surface area (Å²) in [6.07, 6.45) is 1.85. The Morgan fingerprint density at radius 1 is 1.14 bits per heavy atom. The first kappa shape index (κ1) is 24.8. The molecule has 0 amide bonds. The molecule has 3 atom stereocenters. The molecule has 192 valence electrons. The number of imidazole rings is 1. The van der Waals surface area contributed by atoms with Crippen LogP contribution in [0.1, 0.15) is 43.9 Å². The second-order valence-electron chi connectivity index (χ2n) is 10.1. The van der Waals surface area contributed by atoms with Crippen molar-refractivity contribution >= 4 is 27.9 Å². The SMILES string of the molecule is Cc1cnc2ccc(C(C)N3C[C@H](C)N(c4c(F)c(=O)n(C)c5c4nc(CC#N)n5C)C[C@H]3C)cc2n1.